The third-order valence-electron chi connectivity index (χ3n) is 3.54. The van der Waals surface area contributed by atoms with E-state index in [2.05, 4.69) is 52.9 Å². The summed E-state index contributed by atoms with van der Waals surface area (Å²) in [6.45, 7) is 15.5. The van der Waals surface area contributed by atoms with E-state index >= 15 is 0 Å². The number of hydrogen-bond acceptors (Lipinski definition) is 2. The number of rotatable bonds is 7. The quantitative estimate of drug-likeness (QED) is 0.750. The van der Waals surface area contributed by atoms with Gasteiger partial charge in [-0.25, -0.2) is 0 Å². The lowest BCUT2D eigenvalue weighted by Crippen LogP contribution is -2.34. The van der Waals surface area contributed by atoms with Gasteiger partial charge in [0.1, 0.15) is 11.5 Å². The van der Waals surface area contributed by atoms with Gasteiger partial charge in [0.25, 0.3) is 0 Å². The van der Waals surface area contributed by atoms with E-state index in [1.54, 1.807) is 0 Å². The molecule has 1 N–H and O–H groups in total. The summed E-state index contributed by atoms with van der Waals surface area (Å²) >= 11 is 0. The molecular weight excluding hydrogens is 234 g/mol. The first-order valence-corrected chi connectivity index (χ1v) is 7.62. The Kier molecular flexibility index (Phi) is 6.12. The molecule has 0 bridgehead atoms. The number of hydrogen-bond donors (Lipinski definition) is 1. The van der Waals surface area contributed by atoms with Gasteiger partial charge < -0.3 is 9.73 Å². The maximum Gasteiger partial charge on any atom is 0.105 e. The molecule has 0 aliphatic carbocycles. The molecule has 1 rings (SSSR count). The van der Waals surface area contributed by atoms with Gasteiger partial charge in [0.15, 0.2) is 0 Å². The van der Waals surface area contributed by atoms with Crippen LogP contribution in [0.25, 0.3) is 0 Å². The van der Waals surface area contributed by atoms with E-state index in [0.717, 1.165) is 23.4 Å². The summed E-state index contributed by atoms with van der Waals surface area (Å²) in [6.07, 6.45) is 2.47. The van der Waals surface area contributed by atoms with Gasteiger partial charge in [-0.05, 0) is 51.5 Å². The standard InChI is InChI=1S/C17H31NO/c1-11(2)8-16(9-12(3)4)18-14(6)17-10-13(5)19-15(17)7/h10-12,14,16,18H,8-9H2,1-7H3. The van der Waals surface area contributed by atoms with E-state index in [1.165, 1.54) is 18.4 Å². The molecule has 19 heavy (non-hydrogen) atoms. The lowest BCUT2D eigenvalue weighted by molar-refractivity contribution is 0.333. The van der Waals surface area contributed by atoms with Crippen molar-refractivity contribution in [1.82, 2.24) is 5.32 Å². The second-order valence-electron chi connectivity index (χ2n) is 6.71. The summed E-state index contributed by atoms with van der Waals surface area (Å²) in [4.78, 5) is 0. The first-order chi connectivity index (χ1) is 8.79. The summed E-state index contributed by atoms with van der Waals surface area (Å²) in [7, 11) is 0. The third-order valence-corrected chi connectivity index (χ3v) is 3.54. The van der Waals surface area contributed by atoms with E-state index in [4.69, 9.17) is 4.42 Å². The smallest absolute Gasteiger partial charge is 0.105 e. The van der Waals surface area contributed by atoms with Crippen LogP contribution in [-0.2, 0) is 0 Å². The fourth-order valence-corrected chi connectivity index (χ4v) is 2.89. The van der Waals surface area contributed by atoms with Crippen LogP contribution in [0.15, 0.2) is 10.5 Å². The van der Waals surface area contributed by atoms with E-state index in [9.17, 15) is 0 Å². The van der Waals surface area contributed by atoms with Gasteiger partial charge in [-0.1, -0.05) is 27.7 Å². The van der Waals surface area contributed by atoms with Gasteiger partial charge in [0.2, 0.25) is 0 Å². The Morgan fingerprint density at radius 3 is 1.89 bits per heavy atom. The zero-order chi connectivity index (χ0) is 14.6. The highest BCUT2D eigenvalue weighted by atomic mass is 16.3. The average Bonchev–Trinajstić information content (AvgIpc) is 2.55. The summed E-state index contributed by atoms with van der Waals surface area (Å²) in [5.41, 5.74) is 1.30. The Balaban J connectivity index is 2.69. The van der Waals surface area contributed by atoms with Crippen LogP contribution in [0.1, 0.15) is 70.6 Å². The van der Waals surface area contributed by atoms with E-state index in [1.807, 2.05) is 6.92 Å². The van der Waals surface area contributed by atoms with Crippen molar-refractivity contribution in [1.29, 1.82) is 0 Å². The second-order valence-corrected chi connectivity index (χ2v) is 6.71. The Hall–Kier alpha value is -0.760. The minimum Gasteiger partial charge on any atom is -0.466 e. The predicted octanol–water partition coefficient (Wildman–Crippen LogP) is 5.01. The summed E-state index contributed by atoms with van der Waals surface area (Å²) in [6, 6.07) is 3.11. The van der Waals surface area contributed by atoms with Gasteiger partial charge in [-0.3, -0.25) is 0 Å². The summed E-state index contributed by atoms with van der Waals surface area (Å²) in [5, 5.41) is 3.79. The largest absolute Gasteiger partial charge is 0.466 e. The highest BCUT2D eigenvalue weighted by molar-refractivity contribution is 5.23. The molecule has 1 atom stereocenters. The van der Waals surface area contributed by atoms with E-state index in [0.29, 0.717) is 12.1 Å². The Labute approximate surface area is 119 Å². The Morgan fingerprint density at radius 1 is 1.00 bits per heavy atom. The van der Waals surface area contributed by atoms with Gasteiger partial charge in [-0.15, -0.1) is 0 Å². The lowest BCUT2D eigenvalue weighted by atomic mass is 9.94. The van der Waals surface area contributed by atoms with Gasteiger partial charge in [0, 0.05) is 17.6 Å². The molecule has 110 valence electrons. The fourth-order valence-electron chi connectivity index (χ4n) is 2.89. The normalized spacial score (nSPS) is 13.8. The summed E-state index contributed by atoms with van der Waals surface area (Å²) in [5.74, 6) is 3.52. The van der Waals surface area contributed by atoms with Crippen LogP contribution in [0, 0.1) is 25.7 Å². The van der Waals surface area contributed by atoms with Crippen LogP contribution in [0.4, 0.5) is 0 Å². The zero-order valence-corrected chi connectivity index (χ0v) is 13.7. The first-order valence-electron chi connectivity index (χ1n) is 7.62. The maximum absolute atomic E-state index is 5.64. The van der Waals surface area contributed by atoms with E-state index < -0.39 is 0 Å². The molecule has 2 heteroatoms. The molecular formula is C17H31NO. The van der Waals surface area contributed by atoms with Crippen molar-refractivity contribution >= 4 is 0 Å². The molecule has 0 amide bonds. The van der Waals surface area contributed by atoms with Crippen LogP contribution in [-0.4, -0.2) is 6.04 Å². The monoisotopic (exact) mass is 265 g/mol. The van der Waals surface area contributed by atoms with Gasteiger partial charge in [-0.2, -0.15) is 0 Å². The van der Waals surface area contributed by atoms with Crippen LogP contribution in [0.3, 0.4) is 0 Å². The number of nitrogens with one attached hydrogen (secondary N) is 1. The molecule has 0 fully saturated rings. The molecule has 2 nitrogen and oxygen atoms in total. The number of aryl methyl sites for hydroxylation is 2. The Bertz CT molecular complexity index is 369. The van der Waals surface area contributed by atoms with Crippen molar-refractivity contribution < 1.29 is 4.42 Å². The van der Waals surface area contributed by atoms with E-state index in [-0.39, 0.29) is 0 Å². The molecule has 1 heterocycles. The maximum atomic E-state index is 5.64. The molecule has 1 aromatic heterocycles. The molecule has 0 saturated carbocycles. The van der Waals surface area contributed by atoms with Crippen LogP contribution >= 0.6 is 0 Å². The molecule has 0 aliphatic rings. The highest BCUT2D eigenvalue weighted by Gasteiger charge is 2.18. The van der Waals surface area contributed by atoms with Crippen LogP contribution in [0.5, 0.6) is 0 Å². The molecule has 0 aliphatic heterocycles. The molecule has 1 unspecified atom stereocenters. The van der Waals surface area contributed by atoms with Gasteiger partial charge in [0.05, 0.1) is 0 Å². The molecule has 0 aromatic carbocycles. The minimum atomic E-state index is 0.361. The number of furan rings is 1. The van der Waals surface area contributed by atoms with Crippen molar-refractivity contribution in [3.05, 3.63) is 23.2 Å². The zero-order valence-electron chi connectivity index (χ0n) is 13.7. The SMILES string of the molecule is Cc1cc(C(C)NC(CC(C)C)CC(C)C)c(C)o1. The fraction of sp³-hybridized carbons (Fsp3) is 0.765. The second kappa shape index (κ2) is 7.14. The third kappa shape index (κ3) is 5.40. The first kappa shape index (κ1) is 16.3. The summed E-state index contributed by atoms with van der Waals surface area (Å²) < 4.78 is 5.64. The van der Waals surface area contributed by atoms with Crippen molar-refractivity contribution in [2.24, 2.45) is 11.8 Å². The van der Waals surface area contributed by atoms with Crippen molar-refractivity contribution in [2.45, 2.75) is 73.4 Å². The molecule has 0 saturated heterocycles. The van der Waals surface area contributed by atoms with Gasteiger partial charge >= 0.3 is 0 Å². The van der Waals surface area contributed by atoms with Crippen molar-refractivity contribution in [3.63, 3.8) is 0 Å². The topological polar surface area (TPSA) is 25.2 Å². The average molecular weight is 265 g/mol. The van der Waals surface area contributed by atoms with Crippen LogP contribution in [0.2, 0.25) is 0 Å². The highest BCUT2D eigenvalue weighted by Crippen LogP contribution is 2.24. The minimum absolute atomic E-state index is 0.361. The Morgan fingerprint density at radius 2 is 1.53 bits per heavy atom. The molecule has 0 spiro atoms. The van der Waals surface area contributed by atoms with Crippen molar-refractivity contribution in [2.75, 3.05) is 0 Å². The molecule has 0 radical (unpaired) electrons. The van der Waals surface area contributed by atoms with Crippen molar-refractivity contribution in [3.8, 4) is 0 Å². The molecule has 1 aromatic rings. The lowest BCUT2D eigenvalue weighted by Gasteiger charge is -2.26. The van der Waals surface area contributed by atoms with Crippen LogP contribution < -0.4 is 5.32 Å². The predicted molar refractivity (Wildman–Crippen MR) is 82.4 cm³/mol.